The molecule has 0 aliphatic carbocycles. The highest BCUT2D eigenvalue weighted by molar-refractivity contribution is 7.90. The normalized spacial score (nSPS) is 12.4. The van der Waals surface area contributed by atoms with Crippen LogP contribution in [0, 0.1) is 17.8 Å². The van der Waals surface area contributed by atoms with Crippen molar-refractivity contribution in [3.8, 4) is 11.8 Å². The van der Waals surface area contributed by atoms with Crippen LogP contribution in [0.4, 0.5) is 0 Å². The van der Waals surface area contributed by atoms with E-state index < -0.39 is 9.84 Å². The van der Waals surface area contributed by atoms with E-state index >= 15 is 0 Å². The third kappa shape index (κ3) is 7.24. The maximum absolute atomic E-state index is 11.7. The number of hydrogen-bond acceptors (Lipinski definition) is 5. The van der Waals surface area contributed by atoms with Gasteiger partial charge in [0.15, 0.2) is 0 Å². The average Bonchev–Trinajstić information content (AvgIpc) is 2.46. The monoisotopic (exact) mass is 337 g/mol. The van der Waals surface area contributed by atoms with Crippen LogP contribution in [-0.4, -0.2) is 36.6 Å². The van der Waals surface area contributed by atoms with Gasteiger partial charge in [-0.1, -0.05) is 25.7 Å². The number of carbonyl (C=O) groups is 1. The summed E-state index contributed by atoms with van der Waals surface area (Å²) in [4.78, 5) is 19.2. The van der Waals surface area contributed by atoms with Crippen LogP contribution in [0.5, 0.6) is 0 Å². The molecule has 0 aromatic carbocycles. The number of nitrogens with zero attached hydrogens (tertiary/aromatic N) is 2. The van der Waals surface area contributed by atoms with Gasteiger partial charge in [0.25, 0.3) is 0 Å². The molecule has 1 atom stereocenters. The van der Waals surface area contributed by atoms with Crippen molar-refractivity contribution >= 4 is 15.7 Å². The lowest BCUT2D eigenvalue weighted by Gasteiger charge is -2.17. The smallest absolute Gasteiger partial charge is 0.246 e. The molecule has 6 nitrogen and oxygen atoms in total. The van der Waals surface area contributed by atoms with Gasteiger partial charge in [0, 0.05) is 37.5 Å². The second-order valence-electron chi connectivity index (χ2n) is 5.78. The Balaban J connectivity index is 2.40. The van der Waals surface area contributed by atoms with Crippen molar-refractivity contribution < 1.29 is 13.2 Å². The Morgan fingerprint density at radius 1 is 1.26 bits per heavy atom. The summed E-state index contributed by atoms with van der Waals surface area (Å²) in [6.07, 6.45) is 5.51. The topological polar surface area (TPSA) is 89.0 Å². The van der Waals surface area contributed by atoms with Crippen molar-refractivity contribution in [1.82, 2.24) is 15.3 Å². The van der Waals surface area contributed by atoms with Gasteiger partial charge < -0.3 is 5.32 Å². The van der Waals surface area contributed by atoms with Crippen LogP contribution in [0.15, 0.2) is 17.6 Å². The van der Waals surface area contributed by atoms with E-state index in [1.165, 1.54) is 12.4 Å². The number of aromatic nitrogens is 2. The molecule has 0 unspecified atom stereocenters. The van der Waals surface area contributed by atoms with Gasteiger partial charge in [-0.05, 0) is 19.3 Å². The van der Waals surface area contributed by atoms with Crippen LogP contribution in [0.2, 0.25) is 0 Å². The summed E-state index contributed by atoms with van der Waals surface area (Å²) >= 11 is 0. The predicted octanol–water partition coefficient (Wildman–Crippen LogP) is 1.56. The second kappa shape index (κ2) is 8.63. The third-order valence-corrected chi connectivity index (χ3v) is 4.16. The minimum atomic E-state index is -3.39. The van der Waals surface area contributed by atoms with Gasteiger partial charge in [0.2, 0.25) is 20.9 Å². The second-order valence-corrected chi connectivity index (χ2v) is 7.69. The van der Waals surface area contributed by atoms with Crippen LogP contribution in [0.25, 0.3) is 0 Å². The van der Waals surface area contributed by atoms with Crippen LogP contribution in [0.3, 0.4) is 0 Å². The van der Waals surface area contributed by atoms with E-state index in [9.17, 15) is 13.2 Å². The maximum atomic E-state index is 11.7. The number of amides is 1. The van der Waals surface area contributed by atoms with Crippen molar-refractivity contribution in [2.24, 2.45) is 5.92 Å². The Kier molecular flexibility index (Phi) is 7.17. The van der Waals surface area contributed by atoms with Gasteiger partial charge >= 0.3 is 0 Å². The fourth-order valence-electron chi connectivity index (χ4n) is 1.57. The minimum Gasteiger partial charge on any atom is -0.353 e. The van der Waals surface area contributed by atoms with Gasteiger partial charge in [0.1, 0.15) is 0 Å². The fourth-order valence-corrected chi connectivity index (χ4v) is 2.06. The summed E-state index contributed by atoms with van der Waals surface area (Å²) in [5, 5.41) is 2.73. The fraction of sp³-hybridized carbons (Fsp3) is 0.562. The molecule has 1 aromatic heterocycles. The summed E-state index contributed by atoms with van der Waals surface area (Å²) in [6, 6.07) is 0.166. The van der Waals surface area contributed by atoms with E-state index in [1.807, 2.05) is 6.92 Å². The first kappa shape index (κ1) is 19.1. The molecule has 0 radical (unpaired) electrons. The summed E-state index contributed by atoms with van der Waals surface area (Å²) < 4.78 is 22.5. The van der Waals surface area contributed by atoms with Gasteiger partial charge in [0.05, 0.1) is 5.56 Å². The number of hydrogen-bond donors (Lipinski definition) is 1. The predicted molar refractivity (Wildman–Crippen MR) is 88.3 cm³/mol. The molecule has 1 rings (SSSR count). The Labute approximate surface area is 138 Å². The number of carbonyl (C=O) groups excluding carboxylic acids is 1. The highest BCUT2D eigenvalue weighted by Gasteiger charge is 2.10. The molecule has 0 aliphatic rings. The van der Waals surface area contributed by atoms with Crippen molar-refractivity contribution in [2.75, 3.05) is 6.26 Å². The van der Waals surface area contributed by atoms with Crippen LogP contribution < -0.4 is 5.32 Å². The zero-order chi connectivity index (χ0) is 17.5. The maximum Gasteiger partial charge on any atom is 0.246 e. The molecule has 0 saturated carbocycles. The SMILES string of the molecule is CC(C)[C@H](C)NC(=O)CCCC#Cc1cnc(S(C)(=O)=O)nc1. The van der Waals surface area contributed by atoms with Crippen molar-refractivity contribution in [3.63, 3.8) is 0 Å². The molecule has 0 bridgehead atoms. The molecular weight excluding hydrogens is 314 g/mol. The number of nitrogens with one attached hydrogen (secondary N) is 1. The lowest BCUT2D eigenvalue weighted by atomic mass is 10.1. The van der Waals surface area contributed by atoms with Crippen molar-refractivity contribution in [1.29, 1.82) is 0 Å². The molecule has 1 heterocycles. The lowest BCUT2D eigenvalue weighted by Crippen LogP contribution is -2.35. The molecular formula is C16H23N3O3S. The lowest BCUT2D eigenvalue weighted by molar-refractivity contribution is -0.122. The Morgan fingerprint density at radius 2 is 1.87 bits per heavy atom. The first-order valence-electron chi connectivity index (χ1n) is 7.50. The highest BCUT2D eigenvalue weighted by atomic mass is 32.2. The molecule has 7 heteroatoms. The Bertz CT molecular complexity index is 686. The third-order valence-electron chi connectivity index (χ3n) is 3.29. The van der Waals surface area contributed by atoms with E-state index in [1.54, 1.807) is 0 Å². The van der Waals surface area contributed by atoms with E-state index in [-0.39, 0.29) is 17.1 Å². The van der Waals surface area contributed by atoms with Crippen LogP contribution in [0.1, 0.15) is 45.6 Å². The minimum absolute atomic E-state index is 0.0360. The van der Waals surface area contributed by atoms with Gasteiger partial charge in [-0.2, -0.15) is 0 Å². The molecule has 1 amide bonds. The number of unbranched alkanes of at least 4 members (excludes halogenated alkanes) is 1. The molecule has 0 aliphatic heterocycles. The van der Waals surface area contributed by atoms with Gasteiger partial charge in [-0.3, -0.25) is 4.79 Å². The molecule has 0 saturated heterocycles. The standard InChI is InChI=1S/C16H23N3O3S/c1-12(2)13(3)19-15(20)9-7-5-6-8-14-10-17-16(18-11-14)23(4,21)22/h10-13H,5,7,9H2,1-4H3,(H,19,20)/t13-/m0/s1. The van der Waals surface area contributed by atoms with E-state index in [0.29, 0.717) is 30.7 Å². The van der Waals surface area contributed by atoms with Crippen LogP contribution in [-0.2, 0) is 14.6 Å². The van der Waals surface area contributed by atoms with E-state index in [0.717, 1.165) is 6.26 Å². The average molecular weight is 337 g/mol. The molecule has 1 N–H and O–H groups in total. The number of sulfone groups is 1. The largest absolute Gasteiger partial charge is 0.353 e. The molecule has 0 spiro atoms. The molecule has 1 aromatic rings. The van der Waals surface area contributed by atoms with Crippen molar-refractivity contribution in [3.05, 3.63) is 18.0 Å². The quantitative estimate of drug-likeness (QED) is 0.483. The number of rotatable bonds is 6. The molecule has 126 valence electrons. The summed E-state index contributed by atoms with van der Waals surface area (Å²) in [7, 11) is -3.39. The zero-order valence-corrected chi connectivity index (χ0v) is 14.8. The van der Waals surface area contributed by atoms with E-state index in [2.05, 4.69) is 41.0 Å². The van der Waals surface area contributed by atoms with E-state index in [4.69, 9.17) is 0 Å². The summed E-state index contributed by atoms with van der Waals surface area (Å²) in [5.41, 5.74) is 0.551. The van der Waals surface area contributed by atoms with Gasteiger partial charge in [-0.15, -0.1) is 0 Å². The first-order valence-corrected chi connectivity index (χ1v) is 9.39. The summed E-state index contributed by atoms with van der Waals surface area (Å²) in [5.74, 6) is 6.23. The molecule has 0 fully saturated rings. The Morgan fingerprint density at radius 3 is 2.39 bits per heavy atom. The van der Waals surface area contributed by atoms with Crippen LogP contribution >= 0.6 is 0 Å². The van der Waals surface area contributed by atoms with Gasteiger partial charge in [-0.25, -0.2) is 18.4 Å². The molecule has 23 heavy (non-hydrogen) atoms. The van der Waals surface area contributed by atoms with Crippen molar-refractivity contribution in [2.45, 2.75) is 51.2 Å². The zero-order valence-electron chi connectivity index (χ0n) is 14.0. The highest BCUT2D eigenvalue weighted by Crippen LogP contribution is 2.03. The Hall–Kier alpha value is -1.94. The first-order chi connectivity index (χ1) is 10.7. The summed E-state index contributed by atoms with van der Waals surface area (Å²) in [6.45, 7) is 6.11.